The van der Waals surface area contributed by atoms with Crippen molar-refractivity contribution in [2.45, 2.75) is 24.8 Å². The van der Waals surface area contributed by atoms with Crippen LogP contribution in [-0.2, 0) is 10.0 Å². The van der Waals surface area contributed by atoms with Crippen molar-refractivity contribution in [1.82, 2.24) is 9.62 Å². The third-order valence-electron chi connectivity index (χ3n) is 3.90. The van der Waals surface area contributed by atoms with Gasteiger partial charge in [0, 0.05) is 18.7 Å². The van der Waals surface area contributed by atoms with E-state index in [4.69, 9.17) is 9.47 Å². The van der Waals surface area contributed by atoms with Crippen LogP contribution in [0.25, 0.3) is 0 Å². The van der Waals surface area contributed by atoms with Crippen molar-refractivity contribution in [3.05, 3.63) is 54.1 Å². The molecule has 0 spiro atoms. The fourth-order valence-corrected chi connectivity index (χ4v) is 3.70. The van der Waals surface area contributed by atoms with Gasteiger partial charge in [-0.3, -0.25) is 4.79 Å². The number of carbonyl (C=O) groups excluding carboxylic acids is 1. The van der Waals surface area contributed by atoms with E-state index in [1.807, 2.05) is 0 Å². The van der Waals surface area contributed by atoms with Crippen LogP contribution in [0.1, 0.15) is 24.2 Å². The van der Waals surface area contributed by atoms with Gasteiger partial charge in [-0.1, -0.05) is 0 Å². The molecule has 1 amide bonds. The molecule has 2 aromatic rings. The Balaban J connectivity index is 1.91. The second-order valence-electron chi connectivity index (χ2n) is 6.55. The predicted molar refractivity (Wildman–Crippen MR) is 107 cm³/mol. The molecule has 0 atom stereocenters. The summed E-state index contributed by atoms with van der Waals surface area (Å²) in [5.41, 5.74) is 0.412. The van der Waals surface area contributed by atoms with Crippen molar-refractivity contribution in [3.8, 4) is 11.5 Å². The van der Waals surface area contributed by atoms with Crippen LogP contribution in [0.2, 0.25) is 0 Å². The Morgan fingerprint density at radius 3 is 2.14 bits per heavy atom. The molecular formula is C20H26N2O5S. The van der Waals surface area contributed by atoms with Crippen LogP contribution < -0.4 is 14.2 Å². The Bertz CT molecular complexity index is 878. The SMILES string of the molecule is COc1ccc(OCCN(C)C(=O)c2ccc(S(=O)(=O)NC(C)C)cc2)cc1. The van der Waals surface area contributed by atoms with Crippen LogP contribution in [-0.4, -0.2) is 52.6 Å². The van der Waals surface area contributed by atoms with Crippen LogP contribution in [0.3, 0.4) is 0 Å². The van der Waals surface area contributed by atoms with E-state index in [9.17, 15) is 13.2 Å². The van der Waals surface area contributed by atoms with Crippen LogP contribution >= 0.6 is 0 Å². The minimum absolute atomic E-state index is 0.128. The Hall–Kier alpha value is -2.58. The summed E-state index contributed by atoms with van der Waals surface area (Å²) < 4.78 is 37.5. The Kier molecular flexibility index (Phi) is 7.42. The molecule has 8 heteroatoms. The first-order chi connectivity index (χ1) is 13.2. The highest BCUT2D eigenvalue weighted by Gasteiger charge is 2.17. The molecule has 0 aliphatic rings. The predicted octanol–water partition coefficient (Wildman–Crippen LogP) is 2.53. The lowest BCUT2D eigenvalue weighted by Crippen LogP contribution is -2.31. The topological polar surface area (TPSA) is 84.9 Å². The van der Waals surface area contributed by atoms with Gasteiger partial charge in [-0.05, 0) is 62.4 Å². The molecule has 0 bridgehead atoms. The van der Waals surface area contributed by atoms with Crippen LogP contribution in [0.4, 0.5) is 0 Å². The van der Waals surface area contributed by atoms with Gasteiger partial charge in [0.1, 0.15) is 18.1 Å². The van der Waals surface area contributed by atoms with E-state index in [1.165, 1.54) is 29.2 Å². The number of hydrogen-bond acceptors (Lipinski definition) is 5. The van der Waals surface area contributed by atoms with Crippen molar-refractivity contribution >= 4 is 15.9 Å². The number of nitrogens with zero attached hydrogens (tertiary/aromatic N) is 1. The Morgan fingerprint density at radius 2 is 1.61 bits per heavy atom. The van der Waals surface area contributed by atoms with Crippen molar-refractivity contribution in [3.63, 3.8) is 0 Å². The molecule has 0 aliphatic carbocycles. The summed E-state index contributed by atoms with van der Waals surface area (Å²) in [6, 6.07) is 12.9. The molecule has 0 aromatic heterocycles. The van der Waals surface area contributed by atoms with E-state index in [0.717, 1.165) is 5.75 Å². The van der Waals surface area contributed by atoms with Gasteiger partial charge < -0.3 is 14.4 Å². The van der Waals surface area contributed by atoms with Gasteiger partial charge in [0.2, 0.25) is 10.0 Å². The molecule has 0 saturated heterocycles. The number of hydrogen-bond donors (Lipinski definition) is 1. The number of likely N-dealkylation sites (N-methyl/N-ethyl adjacent to an activating group) is 1. The molecule has 2 rings (SSSR count). The summed E-state index contributed by atoms with van der Waals surface area (Å²) in [5.74, 6) is 1.22. The zero-order valence-electron chi connectivity index (χ0n) is 16.5. The molecule has 1 N–H and O–H groups in total. The highest BCUT2D eigenvalue weighted by Crippen LogP contribution is 2.17. The maximum Gasteiger partial charge on any atom is 0.253 e. The molecule has 0 heterocycles. The maximum absolute atomic E-state index is 12.5. The molecule has 0 saturated carbocycles. The lowest BCUT2D eigenvalue weighted by Gasteiger charge is -2.18. The first-order valence-electron chi connectivity index (χ1n) is 8.87. The van der Waals surface area contributed by atoms with E-state index >= 15 is 0 Å². The highest BCUT2D eigenvalue weighted by atomic mass is 32.2. The van der Waals surface area contributed by atoms with Gasteiger partial charge in [0.05, 0.1) is 18.6 Å². The second-order valence-corrected chi connectivity index (χ2v) is 8.27. The zero-order valence-corrected chi connectivity index (χ0v) is 17.3. The summed E-state index contributed by atoms with van der Waals surface area (Å²) in [6.07, 6.45) is 0. The van der Waals surface area contributed by atoms with Crippen LogP contribution in [0, 0.1) is 0 Å². The molecule has 0 radical (unpaired) electrons. The molecule has 7 nitrogen and oxygen atoms in total. The van der Waals surface area contributed by atoms with Gasteiger partial charge in [-0.15, -0.1) is 0 Å². The molecule has 2 aromatic carbocycles. The first kappa shape index (κ1) is 21.7. The lowest BCUT2D eigenvalue weighted by molar-refractivity contribution is 0.0773. The summed E-state index contributed by atoms with van der Waals surface area (Å²) in [6.45, 7) is 4.22. The Morgan fingerprint density at radius 1 is 1.04 bits per heavy atom. The third-order valence-corrected chi connectivity index (χ3v) is 5.58. The average Bonchev–Trinajstić information content (AvgIpc) is 2.67. The summed E-state index contributed by atoms with van der Waals surface area (Å²) in [7, 11) is -0.308. The number of carbonyl (C=O) groups is 1. The van der Waals surface area contributed by atoms with Crippen molar-refractivity contribution in [1.29, 1.82) is 0 Å². The minimum Gasteiger partial charge on any atom is -0.497 e. The lowest BCUT2D eigenvalue weighted by atomic mass is 10.2. The third kappa shape index (κ3) is 5.97. The largest absolute Gasteiger partial charge is 0.497 e. The van der Waals surface area contributed by atoms with E-state index in [2.05, 4.69) is 4.72 Å². The Labute approximate surface area is 166 Å². The summed E-state index contributed by atoms with van der Waals surface area (Å²) >= 11 is 0. The van der Waals surface area contributed by atoms with E-state index in [0.29, 0.717) is 24.5 Å². The maximum atomic E-state index is 12.5. The highest BCUT2D eigenvalue weighted by molar-refractivity contribution is 7.89. The molecule has 28 heavy (non-hydrogen) atoms. The fourth-order valence-electron chi connectivity index (χ4n) is 2.45. The standard InChI is InChI=1S/C20H26N2O5S/c1-15(2)21-28(24,25)19-11-5-16(6-12-19)20(23)22(3)13-14-27-18-9-7-17(26-4)8-10-18/h5-12,15,21H,13-14H2,1-4H3. The quantitative estimate of drug-likeness (QED) is 0.692. The summed E-state index contributed by atoms with van der Waals surface area (Å²) in [4.78, 5) is 14.2. The number of rotatable bonds is 9. The van der Waals surface area contributed by atoms with Crippen LogP contribution in [0.15, 0.2) is 53.4 Å². The number of nitrogens with one attached hydrogen (secondary N) is 1. The first-order valence-corrected chi connectivity index (χ1v) is 10.4. The van der Waals surface area contributed by atoms with Gasteiger partial charge in [0.25, 0.3) is 5.91 Å². The van der Waals surface area contributed by atoms with Crippen molar-refractivity contribution in [2.24, 2.45) is 0 Å². The van der Waals surface area contributed by atoms with E-state index < -0.39 is 10.0 Å². The van der Waals surface area contributed by atoms with E-state index in [1.54, 1.807) is 52.3 Å². The normalized spacial score (nSPS) is 11.3. The number of benzene rings is 2. The number of ether oxygens (including phenoxy) is 2. The van der Waals surface area contributed by atoms with Crippen molar-refractivity contribution in [2.75, 3.05) is 27.3 Å². The molecule has 0 fully saturated rings. The average molecular weight is 407 g/mol. The summed E-state index contributed by atoms with van der Waals surface area (Å²) in [5, 5.41) is 0. The van der Waals surface area contributed by atoms with Gasteiger partial charge in [-0.2, -0.15) is 0 Å². The molecular weight excluding hydrogens is 380 g/mol. The van der Waals surface area contributed by atoms with Gasteiger partial charge in [-0.25, -0.2) is 13.1 Å². The number of sulfonamides is 1. The fraction of sp³-hybridized carbons (Fsp3) is 0.350. The van der Waals surface area contributed by atoms with Gasteiger partial charge in [0.15, 0.2) is 0 Å². The van der Waals surface area contributed by atoms with Crippen molar-refractivity contribution < 1.29 is 22.7 Å². The molecule has 152 valence electrons. The molecule has 0 unspecified atom stereocenters. The second kappa shape index (κ2) is 9.57. The molecule has 0 aliphatic heterocycles. The van der Waals surface area contributed by atoms with E-state index in [-0.39, 0.29) is 16.8 Å². The smallest absolute Gasteiger partial charge is 0.253 e. The number of amides is 1. The number of methoxy groups -OCH3 is 1. The minimum atomic E-state index is -3.58. The van der Waals surface area contributed by atoms with Gasteiger partial charge >= 0.3 is 0 Å². The zero-order chi connectivity index (χ0) is 20.7. The monoisotopic (exact) mass is 406 g/mol. The van der Waals surface area contributed by atoms with Crippen LogP contribution in [0.5, 0.6) is 11.5 Å².